The second-order valence-electron chi connectivity index (χ2n) is 4.44. The number of benzene rings is 1. The van der Waals surface area contributed by atoms with Crippen LogP contribution in [0.3, 0.4) is 0 Å². The van der Waals surface area contributed by atoms with Gasteiger partial charge < -0.3 is 10.7 Å². The summed E-state index contributed by atoms with van der Waals surface area (Å²) in [6, 6.07) is 2.41. The summed E-state index contributed by atoms with van der Waals surface area (Å²) < 4.78 is 27.3. The molecule has 0 fully saturated rings. The summed E-state index contributed by atoms with van der Waals surface area (Å²) >= 11 is 5.87. The Labute approximate surface area is 122 Å². The van der Waals surface area contributed by atoms with Gasteiger partial charge >= 0.3 is 0 Å². The van der Waals surface area contributed by atoms with E-state index in [0.717, 1.165) is 0 Å². The van der Waals surface area contributed by atoms with E-state index in [0.29, 0.717) is 17.1 Å². The van der Waals surface area contributed by atoms with Crippen LogP contribution in [-0.2, 0) is 10.0 Å². The van der Waals surface area contributed by atoms with Gasteiger partial charge in [0.05, 0.1) is 10.9 Å². The Bertz CT molecular complexity index is 713. The van der Waals surface area contributed by atoms with Crippen molar-refractivity contribution in [1.29, 1.82) is 0 Å². The molecule has 8 heteroatoms. The molecule has 0 saturated carbocycles. The van der Waals surface area contributed by atoms with Crippen LogP contribution < -0.4 is 10.5 Å². The summed E-state index contributed by atoms with van der Waals surface area (Å²) in [5, 5.41) is 0.277. The highest BCUT2D eigenvalue weighted by Crippen LogP contribution is 2.26. The second-order valence-corrected chi connectivity index (χ2v) is 6.55. The van der Waals surface area contributed by atoms with Crippen molar-refractivity contribution in [2.45, 2.75) is 24.8 Å². The van der Waals surface area contributed by atoms with Gasteiger partial charge in [-0.1, -0.05) is 11.6 Å². The summed E-state index contributed by atoms with van der Waals surface area (Å²) in [6.45, 7) is 3.33. The number of imidazole rings is 1. The second kappa shape index (κ2) is 5.43. The van der Waals surface area contributed by atoms with E-state index in [2.05, 4.69) is 14.7 Å². The van der Waals surface area contributed by atoms with Crippen molar-refractivity contribution in [2.75, 3.05) is 5.73 Å². The van der Waals surface area contributed by atoms with Crippen LogP contribution in [0.5, 0.6) is 0 Å². The third kappa shape index (κ3) is 2.95. The van der Waals surface area contributed by atoms with Crippen LogP contribution in [0, 0.1) is 6.92 Å². The molecule has 108 valence electrons. The van der Waals surface area contributed by atoms with Crippen molar-refractivity contribution in [2.24, 2.45) is 0 Å². The van der Waals surface area contributed by atoms with Gasteiger partial charge in [-0.05, 0) is 31.5 Å². The van der Waals surface area contributed by atoms with Gasteiger partial charge in [0.15, 0.2) is 0 Å². The molecule has 4 N–H and O–H groups in total. The Morgan fingerprint density at radius 1 is 1.45 bits per heavy atom. The first kappa shape index (κ1) is 14.8. The topological polar surface area (TPSA) is 101 Å². The molecule has 2 aromatic rings. The molecule has 1 heterocycles. The molecule has 1 unspecified atom stereocenters. The fourth-order valence-corrected chi connectivity index (χ4v) is 3.62. The standard InChI is InChI=1S/C12H15ClN4O2S/c1-7-10(14)5-9(13)6-11(7)20(18,19)17-8(2)12-15-3-4-16-12/h3-6,8,17H,14H2,1-2H3,(H,15,16). The van der Waals surface area contributed by atoms with Crippen molar-refractivity contribution in [3.63, 3.8) is 0 Å². The van der Waals surface area contributed by atoms with E-state index >= 15 is 0 Å². The van der Waals surface area contributed by atoms with Crippen molar-refractivity contribution < 1.29 is 8.42 Å². The molecule has 6 nitrogen and oxygen atoms in total. The first-order valence-corrected chi connectivity index (χ1v) is 7.74. The number of nitrogens with one attached hydrogen (secondary N) is 2. The lowest BCUT2D eigenvalue weighted by Gasteiger charge is -2.15. The Morgan fingerprint density at radius 3 is 2.75 bits per heavy atom. The van der Waals surface area contributed by atoms with Gasteiger partial charge in [0.2, 0.25) is 10.0 Å². The Morgan fingerprint density at radius 2 is 2.15 bits per heavy atom. The van der Waals surface area contributed by atoms with Crippen molar-refractivity contribution in [3.8, 4) is 0 Å². The smallest absolute Gasteiger partial charge is 0.241 e. The first-order valence-electron chi connectivity index (χ1n) is 5.88. The number of sulfonamides is 1. The average Bonchev–Trinajstić information content (AvgIpc) is 2.86. The lowest BCUT2D eigenvalue weighted by Crippen LogP contribution is -2.28. The summed E-state index contributed by atoms with van der Waals surface area (Å²) in [5.41, 5.74) is 6.55. The van der Waals surface area contributed by atoms with E-state index in [-0.39, 0.29) is 9.92 Å². The molecule has 0 saturated heterocycles. The molecule has 2 rings (SSSR count). The maximum atomic E-state index is 12.4. The molecule has 0 aliphatic rings. The summed E-state index contributed by atoms with van der Waals surface area (Å²) in [6.07, 6.45) is 3.19. The molecule has 1 aromatic carbocycles. The molecule has 0 amide bonds. The summed E-state index contributed by atoms with van der Waals surface area (Å²) in [4.78, 5) is 6.95. The van der Waals surface area contributed by atoms with Crippen molar-refractivity contribution in [1.82, 2.24) is 14.7 Å². The van der Waals surface area contributed by atoms with E-state index in [1.165, 1.54) is 12.1 Å². The van der Waals surface area contributed by atoms with Crippen LogP contribution >= 0.6 is 11.6 Å². The number of nitrogens with two attached hydrogens (primary N) is 1. The number of hydrogen-bond acceptors (Lipinski definition) is 4. The highest BCUT2D eigenvalue weighted by molar-refractivity contribution is 7.89. The van der Waals surface area contributed by atoms with E-state index in [4.69, 9.17) is 17.3 Å². The molecule has 0 aliphatic heterocycles. The predicted octanol–water partition coefficient (Wildman–Crippen LogP) is 1.99. The number of hydrogen-bond donors (Lipinski definition) is 3. The van der Waals surface area contributed by atoms with Gasteiger partial charge in [0.25, 0.3) is 0 Å². The van der Waals surface area contributed by atoms with E-state index in [1.54, 1.807) is 26.2 Å². The van der Waals surface area contributed by atoms with Crippen LogP contribution in [-0.4, -0.2) is 18.4 Å². The zero-order chi connectivity index (χ0) is 14.9. The molecule has 0 radical (unpaired) electrons. The lowest BCUT2D eigenvalue weighted by atomic mass is 10.2. The third-order valence-electron chi connectivity index (χ3n) is 2.92. The van der Waals surface area contributed by atoms with Gasteiger partial charge in [-0.3, -0.25) is 0 Å². The minimum Gasteiger partial charge on any atom is -0.398 e. The van der Waals surface area contributed by atoms with Crippen LogP contribution in [0.4, 0.5) is 5.69 Å². The highest BCUT2D eigenvalue weighted by atomic mass is 35.5. The normalized spacial score (nSPS) is 13.3. The fourth-order valence-electron chi connectivity index (χ4n) is 1.82. The van der Waals surface area contributed by atoms with Crippen LogP contribution in [0.2, 0.25) is 5.02 Å². The van der Waals surface area contributed by atoms with Gasteiger partial charge in [-0.2, -0.15) is 0 Å². The number of rotatable bonds is 4. The number of halogens is 1. The summed E-state index contributed by atoms with van der Waals surface area (Å²) in [7, 11) is -3.74. The molecular formula is C12H15ClN4O2S. The highest BCUT2D eigenvalue weighted by Gasteiger charge is 2.22. The minimum absolute atomic E-state index is 0.0703. The predicted molar refractivity (Wildman–Crippen MR) is 77.9 cm³/mol. The lowest BCUT2D eigenvalue weighted by molar-refractivity contribution is 0.560. The molecule has 0 aliphatic carbocycles. The van der Waals surface area contributed by atoms with Crippen molar-refractivity contribution >= 4 is 27.3 Å². The van der Waals surface area contributed by atoms with Gasteiger partial charge in [-0.15, -0.1) is 0 Å². The average molecular weight is 315 g/mol. The largest absolute Gasteiger partial charge is 0.398 e. The number of nitrogens with zero attached hydrogens (tertiary/aromatic N) is 1. The zero-order valence-corrected chi connectivity index (χ0v) is 12.6. The van der Waals surface area contributed by atoms with E-state index < -0.39 is 16.1 Å². The van der Waals surface area contributed by atoms with Crippen LogP contribution in [0.25, 0.3) is 0 Å². The van der Waals surface area contributed by atoms with Gasteiger partial charge in [0, 0.05) is 23.1 Å². The molecule has 1 atom stereocenters. The van der Waals surface area contributed by atoms with Gasteiger partial charge in [0.1, 0.15) is 5.82 Å². The number of aromatic amines is 1. The van der Waals surface area contributed by atoms with Gasteiger partial charge in [-0.25, -0.2) is 18.1 Å². The van der Waals surface area contributed by atoms with Crippen LogP contribution in [0.1, 0.15) is 24.4 Å². The number of H-pyrrole nitrogens is 1. The van der Waals surface area contributed by atoms with Crippen molar-refractivity contribution in [3.05, 3.63) is 40.9 Å². The molecule has 0 spiro atoms. The molecular weight excluding hydrogens is 300 g/mol. The molecule has 0 bridgehead atoms. The zero-order valence-electron chi connectivity index (χ0n) is 11.0. The Hall–Kier alpha value is -1.57. The molecule has 20 heavy (non-hydrogen) atoms. The first-order chi connectivity index (χ1) is 9.31. The maximum absolute atomic E-state index is 12.4. The minimum atomic E-state index is -3.74. The van der Waals surface area contributed by atoms with E-state index in [1.807, 2.05) is 0 Å². The quantitative estimate of drug-likeness (QED) is 0.751. The number of aromatic nitrogens is 2. The number of anilines is 1. The molecule has 1 aromatic heterocycles. The SMILES string of the molecule is Cc1c(N)cc(Cl)cc1S(=O)(=O)NC(C)c1ncc[nH]1. The Balaban J connectivity index is 2.36. The third-order valence-corrected chi connectivity index (χ3v) is 4.80. The Kier molecular flexibility index (Phi) is 4.03. The van der Waals surface area contributed by atoms with E-state index in [9.17, 15) is 8.42 Å². The number of nitrogen functional groups attached to an aromatic ring is 1. The summed E-state index contributed by atoms with van der Waals surface area (Å²) in [5.74, 6) is 0.529. The van der Waals surface area contributed by atoms with Crippen LogP contribution in [0.15, 0.2) is 29.4 Å². The maximum Gasteiger partial charge on any atom is 0.241 e. The monoisotopic (exact) mass is 314 g/mol. The fraction of sp³-hybridized carbons (Fsp3) is 0.250.